The zero-order chi connectivity index (χ0) is 24.7. The zero-order valence-electron chi connectivity index (χ0n) is 21.4. The summed E-state index contributed by atoms with van der Waals surface area (Å²) in [6, 6.07) is 44.0. The van der Waals surface area contributed by atoms with Crippen molar-refractivity contribution in [2.75, 3.05) is 26.7 Å². The predicted molar refractivity (Wildman–Crippen MR) is 149 cm³/mol. The molecule has 0 aliphatic carbocycles. The van der Waals surface area contributed by atoms with Crippen molar-refractivity contribution < 1.29 is 4.74 Å². The lowest BCUT2D eigenvalue weighted by molar-refractivity contribution is -0.0569. The van der Waals surface area contributed by atoms with Crippen molar-refractivity contribution in [3.05, 3.63) is 144 Å². The minimum absolute atomic E-state index is 0.0623. The lowest BCUT2D eigenvalue weighted by atomic mass is 9.67. The lowest BCUT2D eigenvalue weighted by Crippen LogP contribution is -2.48. The summed E-state index contributed by atoms with van der Waals surface area (Å²) in [7, 11) is 1.89. The summed E-state index contributed by atoms with van der Waals surface area (Å²) in [5, 5.41) is 0. The standard InChI is InChI=1S/C34H37NO/c1-36-33(28-29-14-6-2-7-15-29)22-25-35(26-23-33)27-24-34(30-16-8-3-9-17-30,31-18-10-4-11-19-31)32-20-12-5-13-21-32/h2-21H,22-28H2,1H3. The van der Waals surface area contributed by atoms with Crippen molar-refractivity contribution in [3.63, 3.8) is 0 Å². The number of rotatable bonds is 9. The summed E-state index contributed by atoms with van der Waals surface area (Å²) < 4.78 is 6.16. The highest BCUT2D eigenvalue weighted by Crippen LogP contribution is 2.42. The Morgan fingerprint density at radius 1 is 0.639 bits per heavy atom. The van der Waals surface area contributed by atoms with Crippen molar-refractivity contribution >= 4 is 0 Å². The van der Waals surface area contributed by atoms with E-state index >= 15 is 0 Å². The van der Waals surface area contributed by atoms with Gasteiger partial charge in [0.2, 0.25) is 0 Å². The Morgan fingerprint density at radius 2 is 1.06 bits per heavy atom. The fourth-order valence-corrected chi connectivity index (χ4v) is 6.03. The number of methoxy groups -OCH3 is 1. The summed E-state index contributed by atoms with van der Waals surface area (Å²) in [6.45, 7) is 3.17. The normalized spacial score (nSPS) is 16.0. The summed E-state index contributed by atoms with van der Waals surface area (Å²) in [4.78, 5) is 2.64. The lowest BCUT2D eigenvalue weighted by Gasteiger charge is -2.43. The maximum Gasteiger partial charge on any atom is 0.0743 e. The van der Waals surface area contributed by atoms with Crippen LogP contribution in [-0.2, 0) is 16.6 Å². The van der Waals surface area contributed by atoms with Gasteiger partial charge in [-0.25, -0.2) is 0 Å². The highest BCUT2D eigenvalue weighted by molar-refractivity contribution is 5.50. The van der Waals surface area contributed by atoms with Crippen LogP contribution in [0.1, 0.15) is 41.5 Å². The van der Waals surface area contributed by atoms with Crippen LogP contribution in [-0.4, -0.2) is 37.2 Å². The summed E-state index contributed by atoms with van der Waals surface area (Å²) >= 11 is 0. The van der Waals surface area contributed by atoms with Crippen LogP contribution in [0.5, 0.6) is 0 Å². The van der Waals surface area contributed by atoms with Crippen LogP contribution < -0.4 is 0 Å². The molecule has 0 amide bonds. The summed E-state index contributed by atoms with van der Waals surface area (Å²) in [5.74, 6) is 0. The highest BCUT2D eigenvalue weighted by atomic mass is 16.5. The molecule has 4 aromatic carbocycles. The number of piperidine rings is 1. The van der Waals surface area contributed by atoms with Crippen LogP contribution in [0.15, 0.2) is 121 Å². The molecular weight excluding hydrogens is 438 g/mol. The maximum atomic E-state index is 6.16. The van der Waals surface area contributed by atoms with Gasteiger partial charge in [0.15, 0.2) is 0 Å². The Morgan fingerprint density at radius 3 is 1.47 bits per heavy atom. The number of ether oxygens (including phenoxy) is 1. The summed E-state index contributed by atoms with van der Waals surface area (Å²) in [6.07, 6.45) is 4.14. The fraction of sp³-hybridized carbons (Fsp3) is 0.294. The topological polar surface area (TPSA) is 12.5 Å². The van der Waals surface area contributed by atoms with Crippen LogP contribution in [0.4, 0.5) is 0 Å². The minimum Gasteiger partial charge on any atom is -0.378 e. The van der Waals surface area contributed by atoms with Gasteiger partial charge in [0.25, 0.3) is 0 Å². The summed E-state index contributed by atoms with van der Waals surface area (Å²) in [5.41, 5.74) is 5.18. The van der Waals surface area contributed by atoms with Gasteiger partial charge in [-0.2, -0.15) is 0 Å². The smallest absolute Gasteiger partial charge is 0.0743 e. The molecule has 1 heterocycles. The zero-order valence-corrected chi connectivity index (χ0v) is 21.4. The molecule has 36 heavy (non-hydrogen) atoms. The van der Waals surface area contributed by atoms with Crippen molar-refractivity contribution in [2.45, 2.75) is 36.7 Å². The average molecular weight is 476 g/mol. The number of hydrogen-bond acceptors (Lipinski definition) is 2. The van der Waals surface area contributed by atoms with E-state index in [0.29, 0.717) is 0 Å². The molecule has 0 radical (unpaired) electrons. The molecule has 0 N–H and O–H groups in total. The van der Waals surface area contributed by atoms with Gasteiger partial charge in [-0.1, -0.05) is 121 Å². The molecular formula is C34H37NO. The van der Waals surface area contributed by atoms with Crippen molar-refractivity contribution in [1.82, 2.24) is 4.90 Å². The van der Waals surface area contributed by atoms with Gasteiger partial charge in [-0.15, -0.1) is 0 Å². The third-order valence-corrected chi connectivity index (χ3v) is 8.17. The van der Waals surface area contributed by atoms with Crippen molar-refractivity contribution in [3.8, 4) is 0 Å². The molecule has 2 nitrogen and oxygen atoms in total. The van der Waals surface area contributed by atoms with E-state index in [1.54, 1.807) is 0 Å². The Labute approximate surface area is 216 Å². The minimum atomic E-state index is -0.191. The van der Waals surface area contributed by atoms with Gasteiger partial charge in [-0.3, -0.25) is 0 Å². The van der Waals surface area contributed by atoms with E-state index < -0.39 is 0 Å². The third kappa shape index (κ3) is 5.16. The number of likely N-dealkylation sites (tertiary alicyclic amines) is 1. The first-order valence-corrected chi connectivity index (χ1v) is 13.2. The molecule has 1 aliphatic rings. The first-order valence-electron chi connectivity index (χ1n) is 13.2. The maximum absolute atomic E-state index is 6.16. The van der Waals surface area contributed by atoms with Crippen molar-refractivity contribution in [1.29, 1.82) is 0 Å². The second kappa shape index (κ2) is 11.2. The van der Waals surface area contributed by atoms with E-state index in [2.05, 4.69) is 126 Å². The van der Waals surface area contributed by atoms with Crippen LogP contribution in [0, 0.1) is 0 Å². The molecule has 1 fully saturated rings. The Hall–Kier alpha value is -3.20. The quantitative estimate of drug-likeness (QED) is 0.239. The number of nitrogens with zero attached hydrogens (tertiary/aromatic N) is 1. The van der Waals surface area contributed by atoms with Gasteiger partial charge >= 0.3 is 0 Å². The third-order valence-electron chi connectivity index (χ3n) is 8.17. The Kier molecular flexibility index (Phi) is 7.65. The van der Waals surface area contributed by atoms with E-state index in [9.17, 15) is 0 Å². The largest absolute Gasteiger partial charge is 0.378 e. The van der Waals surface area contributed by atoms with Crippen LogP contribution in [0.2, 0.25) is 0 Å². The second-order valence-electron chi connectivity index (χ2n) is 10.1. The molecule has 0 bridgehead atoms. The number of hydrogen-bond donors (Lipinski definition) is 0. The van der Waals surface area contributed by atoms with Gasteiger partial charge in [-0.05, 0) is 48.1 Å². The van der Waals surface area contributed by atoms with Gasteiger partial charge in [0.05, 0.1) is 5.60 Å². The molecule has 0 saturated carbocycles. The monoisotopic (exact) mass is 475 g/mol. The SMILES string of the molecule is COC1(Cc2ccccc2)CCN(CCC(c2ccccc2)(c2ccccc2)c2ccccc2)CC1. The molecule has 0 spiro atoms. The van der Waals surface area contributed by atoms with E-state index in [-0.39, 0.29) is 11.0 Å². The van der Waals surface area contributed by atoms with E-state index in [1.165, 1.54) is 22.3 Å². The molecule has 0 atom stereocenters. The molecule has 0 aromatic heterocycles. The predicted octanol–water partition coefficient (Wildman–Crippen LogP) is 7.13. The molecule has 4 aromatic rings. The average Bonchev–Trinajstić information content (AvgIpc) is 2.96. The highest BCUT2D eigenvalue weighted by Gasteiger charge is 2.38. The van der Waals surface area contributed by atoms with Crippen LogP contribution in [0.3, 0.4) is 0 Å². The molecule has 5 rings (SSSR count). The number of benzene rings is 4. The Balaban J connectivity index is 1.39. The van der Waals surface area contributed by atoms with Crippen LogP contribution in [0.25, 0.3) is 0 Å². The first-order chi connectivity index (χ1) is 17.7. The van der Waals surface area contributed by atoms with E-state index in [1.807, 2.05) is 7.11 Å². The second-order valence-corrected chi connectivity index (χ2v) is 10.1. The molecule has 1 saturated heterocycles. The molecule has 0 unspecified atom stereocenters. The molecule has 1 aliphatic heterocycles. The molecule has 184 valence electrons. The van der Waals surface area contributed by atoms with Gasteiger partial charge < -0.3 is 9.64 Å². The van der Waals surface area contributed by atoms with Gasteiger partial charge in [0.1, 0.15) is 0 Å². The fourth-order valence-electron chi connectivity index (χ4n) is 6.03. The van der Waals surface area contributed by atoms with Crippen LogP contribution >= 0.6 is 0 Å². The van der Waals surface area contributed by atoms with Gasteiger partial charge in [0, 0.05) is 32.0 Å². The molecule has 2 heteroatoms. The van der Waals surface area contributed by atoms with E-state index in [4.69, 9.17) is 4.74 Å². The first kappa shape index (κ1) is 24.5. The Bertz CT molecular complexity index is 1090. The van der Waals surface area contributed by atoms with Crippen molar-refractivity contribution in [2.24, 2.45) is 0 Å². The van der Waals surface area contributed by atoms with E-state index in [0.717, 1.165) is 45.3 Å².